The van der Waals surface area contributed by atoms with E-state index in [0.717, 1.165) is 12.1 Å². The zero-order valence-corrected chi connectivity index (χ0v) is 13.4. The lowest BCUT2D eigenvalue weighted by molar-refractivity contribution is 0.137. The molecule has 1 unspecified atom stereocenters. The number of ether oxygens (including phenoxy) is 1. The molecule has 0 aliphatic carbocycles. The van der Waals surface area contributed by atoms with Gasteiger partial charge in [0.25, 0.3) is 6.43 Å². The van der Waals surface area contributed by atoms with E-state index in [9.17, 15) is 22.7 Å². The van der Waals surface area contributed by atoms with Crippen LogP contribution in [0.15, 0.2) is 35.2 Å². The molecule has 9 heteroatoms. The SMILES string of the molecule is N#CN.OC1CSc2ccc(Oc3cc(F)cc(F)c3)c(C(F)F)c21. The average Bonchev–Trinajstić information content (AvgIpc) is 2.88. The van der Waals surface area contributed by atoms with Crippen molar-refractivity contribution in [1.29, 1.82) is 5.26 Å². The van der Waals surface area contributed by atoms with Crippen LogP contribution in [-0.2, 0) is 0 Å². The summed E-state index contributed by atoms with van der Waals surface area (Å²) in [4.78, 5) is 0.556. The Labute approximate surface area is 144 Å². The molecule has 3 N–H and O–H groups in total. The van der Waals surface area contributed by atoms with Crippen molar-refractivity contribution in [2.45, 2.75) is 17.4 Å². The molecule has 1 heterocycles. The van der Waals surface area contributed by atoms with E-state index in [1.54, 1.807) is 6.07 Å². The van der Waals surface area contributed by atoms with Gasteiger partial charge in [-0.25, -0.2) is 17.6 Å². The summed E-state index contributed by atoms with van der Waals surface area (Å²) in [5, 5.41) is 17.0. The molecule has 0 amide bonds. The largest absolute Gasteiger partial charge is 0.457 e. The summed E-state index contributed by atoms with van der Waals surface area (Å²) in [6.45, 7) is 0. The van der Waals surface area contributed by atoms with Gasteiger partial charge in [-0.15, -0.1) is 11.8 Å². The molecule has 2 aromatic carbocycles. The fourth-order valence-electron chi connectivity index (χ4n) is 2.35. The summed E-state index contributed by atoms with van der Waals surface area (Å²) in [5.74, 6) is -1.90. The Morgan fingerprint density at radius 1 is 1.24 bits per heavy atom. The number of halogens is 4. The van der Waals surface area contributed by atoms with E-state index in [2.05, 4.69) is 5.73 Å². The van der Waals surface area contributed by atoms with Crippen LogP contribution in [0.1, 0.15) is 23.7 Å². The normalized spacial score (nSPS) is 15.2. The molecule has 0 bridgehead atoms. The second kappa shape index (κ2) is 8.09. The van der Waals surface area contributed by atoms with E-state index in [1.807, 2.05) is 0 Å². The Bertz CT molecular complexity index is 791. The summed E-state index contributed by atoms with van der Waals surface area (Å²) in [6.07, 6.45) is -2.64. The molecule has 1 aliphatic rings. The van der Waals surface area contributed by atoms with Crippen LogP contribution in [0.3, 0.4) is 0 Å². The number of benzene rings is 2. The molecular formula is C16H12F4N2O2S. The lowest BCUT2D eigenvalue weighted by atomic mass is 10.0. The molecule has 3 rings (SSSR count). The van der Waals surface area contributed by atoms with Crippen molar-refractivity contribution in [3.05, 3.63) is 53.1 Å². The number of nitrogens with two attached hydrogens (primary N) is 1. The van der Waals surface area contributed by atoms with E-state index in [0.29, 0.717) is 11.0 Å². The minimum absolute atomic E-state index is 0.120. The zero-order valence-electron chi connectivity index (χ0n) is 12.5. The average molecular weight is 372 g/mol. The van der Waals surface area contributed by atoms with Gasteiger partial charge < -0.3 is 15.6 Å². The van der Waals surface area contributed by atoms with Crippen molar-refractivity contribution in [2.24, 2.45) is 5.73 Å². The van der Waals surface area contributed by atoms with Gasteiger partial charge in [0, 0.05) is 34.4 Å². The van der Waals surface area contributed by atoms with Crippen molar-refractivity contribution >= 4 is 11.8 Å². The van der Waals surface area contributed by atoms with Crippen molar-refractivity contribution in [3.63, 3.8) is 0 Å². The third-order valence-electron chi connectivity index (χ3n) is 3.22. The Kier molecular flexibility index (Phi) is 6.12. The summed E-state index contributed by atoms with van der Waals surface area (Å²) < 4.78 is 58.3. The first kappa shape index (κ1) is 18.9. The Balaban J connectivity index is 0.000000701. The number of fused-ring (bicyclic) bond motifs is 1. The van der Waals surface area contributed by atoms with Crippen LogP contribution in [0.4, 0.5) is 17.6 Å². The number of alkyl halides is 2. The molecule has 0 saturated carbocycles. The molecule has 0 spiro atoms. The summed E-state index contributed by atoms with van der Waals surface area (Å²) in [5.41, 5.74) is 3.83. The quantitative estimate of drug-likeness (QED) is 0.478. The molecule has 0 saturated heterocycles. The van der Waals surface area contributed by atoms with E-state index >= 15 is 0 Å². The van der Waals surface area contributed by atoms with Crippen LogP contribution < -0.4 is 10.5 Å². The fraction of sp³-hybridized carbons (Fsp3) is 0.188. The number of hydrogen-bond acceptors (Lipinski definition) is 5. The number of aliphatic hydroxyl groups is 1. The maximum absolute atomic E-state index is 13.4. The second-order valence-corrected chi connectivity index (χ2v) is 5.91. The zero-order chi connectivity index (χ0) is 18.6. The Morgan fingerprint density at radius 2 is 1.84 bits per heavy atom. The van der Waals surface area contributed by atoms with E-state index in [4.69, 9.17) is 10.00 Å². The Morgan fingerprint density at radius 3 is 2.40 bits per heavy atom. The predicted molar refractivity (Wildman–Crippen MR) is 83.3 cm³/mol. The Hall–Kier alpha value is -2.44. The van der Waals surface area contributed by atoms with Crippen LogP contribution in [0.2, 0.25) is 0 Å². The van der Waals surface area contributed by atoms with Crippen molar-refractivity contribution in [1.82, 2.24) is 0 Å². The molecule has 4 nitrogen and oxygen atoms in total. The summed E-state index contributed by atoms with van der Waals surface area (Å²) in [7, 11) is 0. The van der Waals surface area contributed by atoms with Gasteiger partial charge in [0.15, 0.2) is 6.19 Å². The molecule has 132 valence electrons. The maximum Gasteiger partial charge on any atom is 0.267 e. The van der Waals surface area contributed by atoms with Gasteiger partial charge in [0.05, 0.1) is 11.7 Å². The lowest BCUT2D eigenvalue weighted by Gasteiger charge is -2.16. The van der Waals surface area contributed by atoms with Crippen LogP contribution in [0.5, 0.6) is 11.5 Å². The van der Waals surface area contributed by atoms with Gasteiger partial charge in [-0.2, -0.15) is 5.26 Å². The molecule has 1 atom stereocenters. The fourth-order valence-corrected chi connectivity index (χ4v) is 3.42. The van der Waals surface area contributed by atoms with Gasteiger partial charge in [0.2, 0.25) is 0 Å². The number of aliphatic hydroxyl groups excluding tert-OH is 1. The third-order valence-corrected chi connectivity index (χ3v) is 4.37. The smallest absolute Gasteiger partial charge is 0.267 e. The number of nitriles is 1. The first-order valence-corrected chi connectivity index (χ1v) is 7.85. The standard InChI is InChI=1S/C15H10F4O2S.CH2N2/c16-7-3-8(17)5-9(4-7)21-11-1-2-12-13(10(20)6-22-12)14(11)15(18)19;2-1-3/h1-5,10,15,20H,6H2;2H2. The topological polar surface area (TPSA) is 79.3 Å². The molecule has 0 fully saturated rings. The molecule has 0 radical (unpaired) electrons. The van der Waals surface area contributed by atoms with Gasteiger partial charge >= 0.3 is 0 Å². The minimum Gasteiger partial charge on any atom is -0.457 e. The summed E-state index contributed by atoms with van der Waals surface area (Å²) in [6, 6.07) is 5.32. The first-order valence-electron chi connectivity index (χ1n) is 6.86. The number of thioether (sulfide) groups is 1. The van der Waals surface area contributed by atoms with Gasteiger partial charge in [-0.1, -0.05) is 0 Å². The molecule has 0 aromatic heterocycles. The van der Waals surface area contributed by atoms with E-state index in [1.165, 1.54) is 24.0 Å². The van der Waals surface area contributed by atoms with E-state index < -0.39 is 29.7 Å². The highest BCUT2D eigenvalue weighted by atomic mass is 32.2. The van der Waals surface area contributed by atoms with Crippen molar-refractivity contribution in [3.8, 4) is 17.7 Å². The first-order chi connectivity index (χ1) is 11.9. The number of hydrogen-bond donors (Lipinski definition) is 2. The number of nitrogens with zero attached hydrogens (tertiary/aromatic N) is 1. The maximum atomic E-state index is 13.4. The van der Waals surface area contributed by atoms with E-state index in [-0.39, 0.29) is 22.8 Å². The van der Waals surface area contributed by atoms with Gasteiger partial charge in [0.1, 0.15) is 23.1 Å². The van der Waals surface area contributed by atoms with Gasteiger partial charge in [-0.3, -0.25) is 0 Å². The highest BCUT2D eigenvalue weighted by molar-refractivity contribution is 7.99. The van der Waals surface area contributed by atoms with Gasteiger partial charge in [-0.05, 0) is 12.1 Å². The third kappa shape index (κ3) is 4.35. The van der Waals surface area contributed by atoms with Crippen LogP contribution in [0.25, 0.3) is 0 Å². The van der Waals surface area contributed by atoms with Crippen molar-refractivity contribution < 1.29 is 27.4 Å². The molecular weight excluding hydrogens is 360 g/mol. The van der Waals surface area contributed by atoms with Crippen molar-refractivity contribution in [2.75, 3.05) is 5.75 Å². The molecule has 25 heavy (non-hydrogen) atoms. The second-order valence-electron chi connectivity index (χ2n) is 4.85. The lowest BCUT2D eigenvalue weighted by Crippen LogP contribution is -2.03. The molecule has 1 aliphatic heterocycles. The van der Waals surface area contributed by atoms with Crippen LogP contribution >= 0.6 is 11.8 Å². The van der Waals surface area contributed by atoms with Crippen LogP contribution in [-0.4, -0.2) is 10.9 Å². The highest BCUT2D eigenvalue weighted by Gasteiger charge is 2.31. The highest BCUT2D eigenvalue weighted by Crippen LogP contribution is 2.47. The van der Waals surface area contributed by atoms with Crippen LogP contribution in [0, 0.1) is 23.1 Å². The predicted octanol–water partition coefficient (Wildman–Crippen LogP) is 4.26. The monoisotopic (exact) mass is 372 g/mol. The summed E-state index contributed by atoms with van der Waals surface area (Å²) >= 11 is 1.27. The number of rotatable bonds is 3. The molecule has 2 aromatic rings. The minimum atomic E-state index is -2.88.